The van der Waals surface area contributed by atoms with Crippen LogP contribution in [0.25, 0.3) is 5.70 Å². The van der Waals surface area contributed by atoms with Crippen LogP contribution in [0.4, 0.5) is 5.69 Å². The number of nitrogens with zero attached hydrogens (tertiary/aromatic N) is 2. The van der Waals surface area contributed by atoms with Crippen LogP contribution in [0.3, 0.4) is 0 Å². The lowest BCUT2D eigenvalue weighted by molar-refractivity contribution is -0.138. The van der Waals surface area contributed by atoms with Gasteiger partial charge in [0.25, 0.3) is 0 Å². The van der Waals surface area contributed by atoms with Gasteiger partial charge in [-0.05, 0) is 43.5 Å². The van der Waals surface area contributed by atoms with E-state index in [0.29, 0.717) is 22.1 Å². The van der Waals surface area contributed by atoms with Gasteiger partial charge in [-0.3, -0.25) is 4.79 Å². The Balaban J connectivity index is 1.72. The number of esters is 1. The van der Waals surface area contributed by atoms with Crippen LogP contribution < -0.4 is 5.32 Å². The van der Waals surface area contributed by atoms with Gasteiger partial charge in [0.05, 0.1) is 46.9 Å². The average molecular weight is 528 g/mol. The first-order chi connectivity index (χ1) is 18.5. The van der Waals surface area contributed by atoms with Gasteiger partial charge in [0.15, 0.2) is 0 Å². The first kappa shape index (κ1) is 27.0. The number of nitriles is 1. The predicted octanol–water partition coefficient (Wildman–Crippen LogP) is 6.13. The highest BCUT2D eigenvalue weighted by molar-refractivity contribution is 8.14. The molecule has 38 heavy (non-hydrogen) atoms. The number of hydrogen-bond acceptors (Lipinski definition) is 7. The quantitative estimate of drug-likeness (QED) is 0.353. The highest BCUT2D eigenvalue weighted by Gasteiger charge is 2.42. The third-order valence-corrected chi connectivity index (χ3v) is 7.32. The molecule has 194 valence electrons. The maximum atomic E-state index is 13.2. The van der Waals surface area contributed by atoms with Crippen LogP contribution in [-0.2, 0) is 20.7 Å². The fraction of sp³-hybridized carbons (Fsp3) is 0.267. The fourth-order valence-corrected chi connectivity index (χ4v) is 5.36. The minimum atomic E-state index is -0.838. The second-order valence-electron chi connectivity index (χ2n) is 8.70. The monoisotopic (exact) mass is 527 g/mol. The number of amides is 1. The number of ether oxygens (including phenoxy) is 1. The second-order valence-corrected chi connectivity index (χ2v) is 9.69. The normalized spacial score (nSPS) is 16.9. The van der Waals surface area contributed by atoms with Crippen molar-refractivity contribution in [1.82, 2.24) is 0 Å². The van der Waals surface area contributed by atoms with E-state index in [2.05, 4.69) is 11.4 Å². The van der Waals surface area contributed by atoms with E-state index < -0.39 is 17.8 Å². The molecule has 0 spiro atoms. The number of carbonyl (C=O) groups excluding carboxylic acids is 2. The summed E-state index contributed by atoms with van der Waals surface area (Å²) in [6.45, 7) is 5.91. The highest BCUT2D eigenvalue weighted by atomic mass is 32.2. The molecule has 1 amide bonds. The van der Waals surface area contributed by atoms with Crippen LogP contribution >= 0.6 is 11.8 Å². The van der Waals surface area contributed by atoms with Gasteiger partial charge < -0.3 is 14.5 Å². The Kier molecular flexibility index (Phi) is 8.82. The number of benzene rings is 2. The molecule has 1 aromatic heterocycles. The van der Waals surface area contributed by atoms with Gasteiger partial charge in [0.2, 0.25) is 5.91 Å². The predicted molar refractivity (Wildman–Crippen MR) is 150 cm³/mol. The third kappa shape index (κ3) is 5.74. The summed E-state index contributed by atoms with van der Waals surface area (Å²) in [4.78, 5) is 31.1. The van der Waals surface area contributed by atoms with Crippen molar-refractivity contribution in [3.63, 3.8) is 0 Å². The summed E-state index contributed by atoms with van der Waals surface area (Å²) < 4.78 is 11.1. The molecule has 2 heterocycles. The van der Waals surface area contributed by atoms with Crippen molar-refractivity contribution in [3.05, 3.63) is 95.0 Å². The van der Waals surface area contributed by atoms with E-state index in [0.717, 1.165) is 23.2 Å². The summed E-state index contributed by atoms with van der Waals surface area (Å²) in [7, 11) is 0. The van der Waals surface area contributed by atoms with E-state index in [-0.39, 0.29) is 23.8 Å². The van der Waals surface area contributed by atoms with E-state index in [1.807, 2.05) is 62.4 Å². The number of thioether (sulfide) groups is 1. The Morgan fingerprint density at radius 2 is 1.89 bits per heavy atom. The molecule has 7 nitrogen and oxygen atoms in total. The minimum Gasteiger partial charge on any atom is -0.469 e. The standard InChI is InChI=1S/C30H29N3O4S/c1-4-20-14-9-11-19(3)27(20)32-24(34)18-38-29-22(17-31)25(23-15-10-16-37-23)26(30(35)36-5-2)28(33-29)21-12-7-6-8-13-21/h6-16,22,25H,4-5,18H2,1-3H3,(H,32,34). The van der Waals surface area contributed by atoms with Crippen molar-refractivity contribution < 1.29 is 18.7 Å². The first-order valence-electron chi connectivity index (χ1n) is 12.5. The van der Waals surface area contributed by atoms with E-state index in [9.17, 15) is 14.9 Å². The van der Waals surface area contributed by atoms with Gasteiger partial charge in [-0.25, -0.2) is 9.79 Å². The molecule has 0 fully saturated rings. The zero-order valence-corrected chi connectivity index (χ0v) is 22.4. The number of nitrogens with one attached hydrogen (secondary N) is 1. The molecule has 0 saturated heterocycles. The second kappa shape index (κ2) is 12.4. The van der Waals surface area contributed by atoms with Crippen molar-refractivity contribution in [2.75, 3.05) is 17.7 Å². The zero-order valence-electron chi connectivity index (χ0n) is 21.6. The number of furan rings is 1. The van der Waals surface area contributed by atoms with Crippen LogP contribution in [0.5, 0.6) is 0 Å². The van der Waals surface area contributed by atoms with Crippen LogP contribution in [0.1, 0.15) is 42.2 Å². The summed E-state index contributed by atoms with van der Waals surface area (Å²) in [6, 6.07) is 21.0. The molecule has 0 aliphatic carbocycles. The lowest BCUT2D eigenvalue weighted by Gasteiger charge is -2.29. The van der Waals surface area contributed by atoms with Crippen LogP contribution in [-0.4, -0.2) is 29.3 Å². The van der Waals surface area contributed by atoms with E-state index >= 15 is 0 Å². The Bertz CT molecular complexity index is 1410. The largest absolute Gasteiger partial charge is 0.469 e. The molecule has 2 atom stereocenters. The van der Waals surface area contributed by atoms with Crippen LogP contribution in [0.2, 0.25) is 0 Å². The van der Waals surface area contributed by atoms with Gasteiger partial charge in [0, 0.05) is 11.3 Å². The zero-order chi connectivity index (χ0) is 27.1. The molecular weight excluding hydrogens is 498 g/mol. The number of aryl methyl sites for hydroxylation is 2. The minimum absolute atomic E-state index is 0.0518. The molecule has 0 saturated carbocycles. The molecule has 1 aliphatic heterocycles. The molecule has 4 rings (SSSR count). The molecule has 1 aliphatic rings. The summed E-state index contributed by atoms with van der Waals surface area (Å²) in [6.07, 6.45) is 2.30. The Labute approximate surface area is 226 Å². The first-order valence-corrected chi connectivity index (χ1v) is 13.5. The maximum absolute atomic E-state index is 13.2. The van der Waals surface area contributed by atoms with Gasteiger partial charge >= 0.3 is 5.97 Å². The maximum Gasteiger partial charge on any atom is 0.337 e. The van der Waals surface area contributed by atoms with Gasteiger partial charge in [-0.1, -0.05) is 67.2 Å². The van der Waals surface area contributed by atoms with Gasteiger partial charge in [-0.2, -0.15) is 5.26 Å². The summed E-state index contributed by atoms with van der Waals surface area (Å²) >= 11 is 1.19. The van der Waals surface area contributed by atoms with Crippen molar-refractivity contribution >= 4 is 40.1 Å². The number of carbonyl (C=O) groups is 2. The topological polar surface area (TPSA) is 105 Å². The molecule has 1 N–H and O–H groups in total. The Morgan fingerprint density at radius 1 is 1.11 bits per heavy atom. The highest BCUT2D eigenvalue weighted by Crippen LogP contribution is 2.44. The molecule has 3 aromatic rings. The summed E-state index contributed by atoms with van der Waals surface area (Å²) in [5, 5.41) is 13.7. The average Bonchev–Trinajstić information content (AvgIpc) is 3.47. The van der Waals surface area contributed by atoms with Crippen LogP contribution in [0, 0.1) is 24.2 Å². The van der Waals surface area contributed by atoms with Crippen molar-refractivity contribution in [2.24, 2.45) is 10.9 Å². The SMILES string of the molecule is CCOC(=O)C1=C(c2ccccc2)N=C(SCC(=O)Nc2c(C)cccc2CC)C(C#N)C1c1ccco1. The third-order valence-electron chi connectivity index (χ3n) is 6.27. The van der Waals surface area contributed by atoms with E-state index in [1.54, 1.807) is 19.1 Å². The fourth-order valence-electron chi connectivity index (χ4n) is 4.49. The Morgan fingerprint density at radius 3 is 2.55 bits per heavy atom. The molecule has 2 aromatic carbocycles. The smallest absolute Gasteiger partial charge is 0.337 e. The van der Waals surface area contributed by atoms with E-state index in [1.165, 1.54) is 18.0 Å². The molecule has 0 bridgehead atoms. The lowest BCUT2D eigenvalue weighted by atomic mass is 9.81. The number of anilines is 1. The molecule has 8 heteroatoms. The number of para-hydroxylation sites is 1. The number of rotatable bonds is 8. The van der Waals surface area contributed by atoms with Gasteiger partial charge in [0.1, 0.15) is 11.7 Å². The van der Waals surface area contributed by atoms with Crippen LogP contribution in [0.15, 0.2) is 81.9 Å². The molecule has 0 radical (unpaired) electrons. The van der Waals surface area contributed by atoms with Crippen molar-refractivity contribution in [1.29, 1.82) is 5.26 Å². The van der Waals surface area contributed by atoms with Crippen molar-refractivity contribution in [2.45, 2.75) is 33.1 Å². The van der Waals surface area contributed by atoms with Gasteiger partial charge in [-0.15, -0.1) is 0 Å². The number of hydrogen-bond donors (Lipinski definition) is 1. The lowest BCUT2D eigenvalue weighted by Crippen LogP contribution is -2.30. The van der Waals surface area contributed by atoms with Crippen molar-refractivity contribution in [3.8, 4) is 6.07 Å². The van der Waals surface area contributed by atoms with E-state index in [4.69, 9.17) is 14.1 Å². The summed E-state index contributed by atoms with van der Waals surface area (Å²) in [5.74, 6) is -1.82. The number of aliphatic imine (C=N–C) groups is 1. The molecular formula is C30H29N3O4S. The molecule has 2 unspecified atom stereocenters. The Hall–Kier alpha value is -4.09. The summed E-state index contributed by atoms with van der Waals surface area (Å²) in [5.41, 5.74) is 4.23.